The molecule has 2 rings (SSSR count). The third kappa shape index (κ3) is 4.73. The van der Waals surface area contributed by atoms with Crippen molar-refractivity contribution in [2.75, 3.05) is 10.6 Å². The molecule has 1 aromatic heterocycles. The van der Waals surface area contributed by atoms with E-state index in [-0.39, 0.29) is 17.5 Å². The van der Waals surface area contributed by atoms with Gasteiger partial charge in [-0.15, -0.1) is 0 Å². The molecule has 0 unspecified atom stereocenters. The van der Waals surface area contributed by atoms with E-state index < -0.39 is 4.92 Å². The van der Waals surface area contributed by atoms with Gasteiger partial charge in [0.2, 0.25) is 11.9 Å². The van der Waals surface area contributed by atoms with Crippen LogP contribution in [0.15, 0.2) is 36.7 Å². The van der Waals surface area contributed by atoms with Gasteiger partial charge in [0.25, 0.3) is 0 Å². The molecule has 0 aliphatic rings. The number of nitrogens with zero attached hydrogens (tertiary/aromatic N) is 3. The van der Waals surface area contributed by atoms with Crippen LogP contribution < -0.4 is 10.6 Å². The third-order valence-electron chi connectivity index (χ3n) is 3.05. The summed E-state index contributed by atoms with van der Waals surface area (Å²) in [7, 11) is 0. The first-order valence-corrected chi connectivity index (χ1v) is 7.06. The summed E-state index contributed by atoms with van der Waals surface area (Å²) in [4.78, 5) is 29.3. The normalized spacial score (nSPS) is 10.4. The number of aromatic nitrogens is 2. The fourth-order valence-corrected chi connectivity index (χ4v) is 1.68. The zero-order valence-corrected chi connectivity index (χ0v) is 12.8. The molecule has 0 bridgehead atoms. The van der Waals surface area contributed by atoms with Gasteiger partial charge in [-0.05, 0) is 17.7 Å². The van der Waals surface area contributed by atoms with Gasteiger partial charge in [0.1, 0.15) is 12.4 Å². The van der Waals surface area contributed by atoms with Crippen LogP contribution in [0.2, 0.25) is 0 Å². The maximum atomic E-state index is 11.6. The summed E-state index contributed by atoms with van der Waals surface area (Å²) in [6.45, 7) is 4.13. The molecule has 0 aliphatic carbocycles. The SMILES string of the molecule is CC(C)C(=O)Nc1ccc(CNc2ncc([N+](=O)[O-])cn2)cc1. The minimum Gasteiger partial charge on any atom is -0.350 e. The Bertz CT molecular complexity index is 683. The second-order valence-corrected chi connectivity index (χ2v) is 5.22. The van der Waals surface area contributed by atoms with Crippen LogP contribution in [0.3, 0.4) is 0 Å². The van der Waals surface area contributed by atoms with E-state index >= 15 is 0 Å². The van der Waals surface area contributed by atoms with E-state index in [9.17, 15) is 14.9 Å². The minimum atomic E-state index is -0.548. The van der Waals surface area contributed by atoms with Gasteiger partial charge in [0.15, 0.2) is 0 Å². The molecule has 2 N–H and O–H groups in total. The molecule has 0 atom stereocenters. The molecular formula is C15H17N5O3. The van der Waals surface area contributed by atoms with Crippen molar-refractivity contribution >= 4 is 23.2 Å². The number of amides is 1. The molecule has 23 heavy (non-hydrogen) atoms. The second kappa shape index (κ2) is 7.30. The molecule has 1 aromatic carbocycles. The summed E-state index contributed by atoms with van der Waals surface area (Å²) in [5.41, 5.74) is 1.55. The average molecular weight is 315 g/mol. The highest BCUT2D eigenvalue weighted by molar-refractivity contribution is 5.92. The predicted octanol–water partition coefficient (Wildman–Crippen LogP) is 2.59. The van der Waals surface area contributed by atoms with Crippen molar-refractivity contribution < 1.29 is 9.72 Å². The lowest BCUT2D eigenvalue weighted by atomic mass is 10.1. The number of hydrogen-bond acceptors (Lipinski definition) is 6. The minimum absolute atomic E-state index is 0.0323. The van der Waals surface area contributed by atoms with Gasteiger partial charge < -0.3 is 10.6 Å². The van der Waals surface area contributed by atoms with Crippen LogP contribution >= 0.6 is 0 Å². The Morgan fingerprint density at radius 3 is 2.35 bits per heavy atom. The van der Waals surface area contributed by atoms with E-state index in [2.05, 4.69) is 20.6 Å². The largest absolute Gasteiger partial charge is 0.350 e. The van der Waals surface area contributed by atoms with Crippen LogP contribution in [-0.2, 0) is 11.3 Å². The summed E-state index contributed by atoms with van der Waals surface area (Å²) < 4.78 is 0. The number of rotatable bonds is 6. The van der Waals surface area contributed by atoms with E-state index in [4.69, 9.17) is 0 Å². The van der Waals surface area contributed by atoms with Gasteiger partial charge in [-0.2, -0.15) is 0 Å². The maximum Gasteiger partial charge on any atom is 0.305 e. The van der Waals surface area contributed by atoms with Crippen molar-refractivity contribution in [1.82, 2.24) is 9.97 Å². The molecule has 120 valence electrons. The molecule has 0 fully saturated rings. The van der Waals surface area contributed by atoms with Crippen molar-refractivity contribution in [3.63, 3.8) is 0 Å². The van der Waals surface area contributed by atoms with Crippen molar-refractivity contribution in [3.05, 3.63) is 52.3 Å². The Morgan fingerprint density at radius 1 is 1.22 bits per heavy atom. The predicted molar refractivity (Wildman–Crippen MR) is 85.9 cm³/mol. The molecule has 8 nitrogen and oxygen atoms in total. The lowest BCUT2D eigenvalue weighted by molar-refractivity contribution is -0.385. The third-order valence-corrected chi connectivity index (χ3v) is 3.05. The first-order valence-electron chi connectivity index (χ1n) is 7.06. The Labute approximate surface area is 133 Å². The van der Waals surface area contributed by atoms with Gasteiger partial charge in [-0.1, -0.05) is 26.0 Å². The highest BCUT2D eigenvalue weighted by Crippen LogP contribution is 2.13. The first kappa shape index (κ1) is 16.3. The van der Waals surface area contributed by atoms with Gasteiger partial charge in [0.05, 0.1) is 4.92 Å². The van der Waals surface area contributed by atoms with Gasteiger partial charge in [-0.25, -0.2) is 9.97 Å². The lowest BCUT2D eigenvalue weighted by Gasteiger charge is -2.09. The number of hydrogen-bond donors (Lipinski definition) is 2. The van der Waals surface area contributed by atoms with Gasteiger partial charge in [-0.3, -0.25) is 14.9 Å². The zero-order valence-electron chi connectivity index (χ0n) is 12.8. The number of anilines is 2. The van der Waals surface area contributed by atoms with Crippen molar-refractivity contribution in [3.8, 4) is 0 Å². The quantitative estimate of drug-likeness (QED) is 0.626. The van der Waals surface area contributed by atoms with E-state index in [0.717, 1.165) is 23.6 Å². The molecular weight excluding hydrogens is 298 g/mol. The standard InChI is InChI=1S/C15H17N5O3/c1-10(2)14(21)19-12-5-3-11(4-6-12)7-16-15-17-8-13(9-18-15)20(22)23/h3-6,8-10H,7H2,1-2H3,(H,19,21)(H,16,17,18). The van der Waals surface area contributed by atoms with Crippen LogP contribution in [0.1, 0.15) is 19.4 Å². The molecule has 1 amide bonds. The summed E-state index contributed by atoms with van der Waals surface area (Å²) in [6, 6.07) is 7.37. The average Bonchev–Trinajstić information content (AvgIpc) is 2.54. The van der Waals surface area contributed by atoms with Crippen molar-refractivity contribution in [2.45, 2.75) is 20.4 Å². The molecule has 0 saturated heterocycles. The Kier molecular flexibility index (Phi) is 5.19. The number of nitrogens with one attached hydrogen (secondary N) is 2. The molecule has 0 radical (unpaired) electrons. The molecule has 1 heterocycles. The van der Waals surface area contributed by atoms with E-state index in [0.29, 0.717) is 12.5 Å². The summed E-state index contributed by atoms with van der Waals surface area (Å²) in [5.74, 6) is 0.207. The van der Waals surface area contributed by atoms with E-state index in [1.807, 2.05) is 38.1 Å². The Balaban J connectivity index is 1.91. The fourth-order valence-electron chi connectivity index (χ4n) is 1.68. The summed E-state index contributed by atoms with van der Waals surface area (Å²) >= 11 is 0. The van der Waals surface area contributed by atoms with Crippen LogP contribution in [0.25, 0.3) is 0 Å². The number of carbonyl (C=O) groups is 1. The molecule has 8 heteroatoms. The van der Waals surface area contributed by atoms with E-state index in [1.54, 1.807) is 0 Å². The smallest absolute Gasteiger partial charge is 0.305 e. The number of nitro groups is 1. The number of benzene rings is 1. The van der Waals surface area contributed by atoms with Gasteiger partial charge >= 0.3 is 5.69 Å². The topological polar surface area (TPSA) is 110 Å². The highest BCUT2D eigenvalue weighted by atomic mass is 16.6. The first-order chi connectivity index (χ1) is 11.0. The second-order valence-electron chi connectivity index (χ2n) is 5.22. The van der Waals surface area contributed by atoms with Crippen molar-refractivity contribution in [2.24, 2.45) is 5.92 Å². The Hall–Kier alpha value is -3.03. The zero-order chi connectivity index (χ0) is 16.8. The molecule has 0 saturated carbocycles. The van der Waals surface area contributed by atoms with Gasteiger partial charge in [0, 0.05) is 18.2 Å². The monoisotopic (exact) mass is 315 g/mol. The summed E-state index contributed by atoms with van der Waals surface area (Å²) in [6.07, 6.45) is 2.31. The maximum absolute atomic E-state index is 11.6. The number of carbonyl (C=O) groups excluding carboxylic acids is 1. The van der Waals surface area contributed by atoms with Crippen LogP contribution in [-0.4, -0.2) is 20.8 Å². The van der Waals surface area contributed by atoms with Crippen LogP contribution in [0.5, 0.6) is 0 Å². The Morgan fingerprint density at radius 2 is 1.83 bits per heavy atom. The van der Waals surface area contributed by atoms with E-state index in [1.165, 1.54) is 0 Å². The van der Waals surface area contributed by atoms with Crippen molar-refractivity contribution in [1.29, 1.82) is 0 Å². The fraction of sp³-hybridized carbons (Fsp3) is 0.267. The molecule has 2 aromatic rings. The molecule has 0 spiro atoms. The highest BCUT2D eigenvalue weighted by Gasteiger charge is 2.08. The summed E-state index contributed by atoms with van der Waals surface area (Å²) in [5, 5.41) is 16.3. The molecule has 0 aliphatic heterocycles. The van der Waals surface area contributed by atoms with Crippen LogP contribution in [0, 0.1) is 16.0 Å². The van der Waals surface area contributed by atoms with Crippen LogP contribution in [0.4, 0.5) is 17.3 Å². The lowest BCUT2D eigenvalue weighted by Crippen LogP contribution is -2.17.